The lowest BCUT2D eigenvalue weighted by atomic mass is 9.92. The molecule has 0 aromatic carbocycles. The Labute approximate surface area is 125 Å². The van der Waals surface area contributed by atoms with Crippen molar-refractivity contribution >= 4 is 5.69 Å². The first kappa shape index (κ1) is 15.9. The van der Waals surface area contributed by atoms with Crippen LogP contribution in [0.2, 0.25) is 0 Å². The quantitative estimate of drug-likeness (QED) is 0.667. The summed E-state index contributed by atoms with van der Waals surface area (Å²) < 4.78 is 5.98. The Morgan fingerprint density at radius 1 is 1.43 bits per heavy atom. The highest BCUT2D eigenvalue weighted by Gasteiger charge is 2.25. The molecule has 0 aliphatic heterocycles. The number of hydrogen-bond donors (Lipinski definition) is 1. The second-order valence-corrected chi connectivity index (χ2v) is 5.65. The third-order valence-corrected chi connectivity index (χ3v) is 4.27. The summed E-state index contributed by atoms with van der Waals surface area (Å²) in [5, 5.41) is 14.4. The maximum absolute atomic E-state index is 11.1. The minimum Gasteiger partial charge on any atom is -0.370 e. The van der Waals surface area contributed by atoms with E-state index < -0.39 is 0 Å². The van der Waals surface area contributed by atoms with Crippen LogP contribution in [0.1, 0.15) is 42.5 Å². The topological polar surface area (TPSA) is 77.3 Å². The predicted molar refractivity (Wildman–Crippen MR) is 80.3 cm³/mol. The van der Waals surface area contributed by atoms with Gasteiger partial charge in [-0.15, -0.1) is 0 Å². The van der Waals surface area contributed by atoms with Gasteiger partial charge < -0.3 is 10.1 Å². The Balaban J connectivity index is 2.09. The van der Waals surface area contributed by atoms with Crippen molar-refractivity contribution in [3.05, 3.63) is 33.1 Å². The van der Waals surface area contributed by atoms with E-state index in [1.54, 1.807) is 20.0 Å². The van der Waals surface area contributed by atoms with Crippen LogP contribution in [0.25, 0.3) is 0 Å². The minimum absolute atomic E-state index is 0.150. The van der Waals surface area contributed by atoms with Crippen molar-refractivity contribution < 1.29 is 9.66 Å². The van der Waals surface area contributed by atoms with E-state index in [1.165, 1.54) is 12.8 Å². The van der Waals surface area contributed by atoms with Gasteiger partial charge in [-0.3, -0.25) is 15.1 Å². The largest absolute Gasteiger partial charge is 0.370 e. The van der Waals surface area contributed by atoms with Crippen LogP contribution in [-0.4, -0.2) is 29.1 Å². The Morgan fingerprint density at radius 2 is 2.14 bits per heavy atom. The molecule has 1 aromatic rings. The predicted octanol–water partition coefficient (Wildman–Crippen LogP) is 2.65. The molecule has 0 amide bonds. The van der Waals surface area contributed by atoms with Crippen LogP contribution in [-0.2, 0) is 11.3 Å². The summed E-state index contributed by atoms with van der Waals surface area (Å²) in [6, 6.07) is 0.361. The molecule has 0 spiro atoms. The van der Waals surface area contributed by atoms with Crippen LogP contribution >= 0.6 is 0 Å². The number of nitrogens with zero attached hydrogens (tertiary/aromatic N) is 2. The maximum Gasteiger partial charge on any atom is 0.278 e. The molecule has 1 N–H and O–H groups in total. The molecule has 2 unspecified atom stereocenters. The fraction of sp³-hybridized carbons (Fsp3) is 0.667. The van der Waals surface area contributed by atoms with E-state index in [1.807, 2.05) is 7.05 Å². The normalized spacial score (nSPS) is 22.2. The highest BCUT2D eigenvalue weighted by atomic mass is 16.6. The van der Waals surface area contributed by atoms with Crippen LogP contribution in [0.15, 0.2) is 6.20 Å². The second kappa shape index (κ2) is 6.95. The van der Waals surface area contributed by atoms with Gasteiger partial charge in [-0.25, -0.2) is 0 Å². The van der Waals surface area contributed by atoms with Crippen LogP contribution in [0.4, 0.5) is 5.69 Å². The van der Waals surface area contributed by atoms with Crippen molar-refractivity contribution in [3.63, 3.8) is 0 Å². The van der Waals surface area contributed by atoms with E-state index in [4.69, 9.17) is 4.74 Å². The fourth-order valence-corrected chi connectivity index (χ4v) is 3.00. The van der Waals surface area contributed by atoms with Crippen molar-refractivity contribution in [2.75, 3.05) is 7.05 Å². The molecule has 1 aromatic heterocycles. The molecule has 6 heteroatoms. The zero-order valence-corrected chi connectivity index (χ0v) is 12.9. The van der Waals surface area contributed by atoms with Crippen molar-refractivity contribution in [3.8, 4) is 0 Å². The Bertz CT molecular complexity index is 519. The summed E-state index contributed by atoms with van der Waals surface area (Å²) in [5.41, 5.74) is 2.01. The van der Waals surface area contributed by atoms with Gasteiger partial charge in [0.15, 0.2) is 0 Å². The van der Waals surface area contributed by atoms with Crippen LogP contribution in [0, 0.1) is 24.0 Å². The first-order chi connectivity index (χ1) is 10.0. The van der Waals surface area contributed by atoms with E-state index in [-0.39, 0.29) is 16.7 Å². The molecule has 0 saturated heterocycles. The highest BCUT2D eigenvalue weighted by molar-refractivity contribution is 5.47. The number of nitrogens with one attached hydrogen (secondary N) is 1. The Hall–Kier alpha value is -1.53. The maximum atomic E-state index is 11.1. The van der Waals surface area contributed by atoms with E-state index in [9.17, 15) is 10.1 Å². The van der Waals surface area contributed by atoms with Crippen molar-refractivity contribution in [2.45, 2.75) is 58.3 Å². The standard InChI is InChI=1S/C15H23N3O3/c1-10-8-17-13(11(2)15(10)18(19)20)9-21-14-7-5-4-6-12(14)16-3/h8,12,14,16H,4-7,9H2,1-3H3. The van der Waals surface area contributed by atoms with Crippen molar-refractivity contribution in [2.24, 2.45) is 0 Å². The zero-order chi connectivity index (χ0) is 15.4. The van der Waals surface area contributed by atoms with Gasteiger partial charge in [-0.05, 0) is 33.7 Å². The molecule has 116 valence electrons. The van der Waals surface area contributed by atoms with Gasteiger partial charge in [0.1, 0.15) is 0 Å². The summed E-state index contributed by atoms with van der Waals surface area (Å²) in [4.78, 5) is 15.1. The molecule has 0 radical (unpaired) electrons. The molecule has 2 rings (SSSR count). The van der Waals surface area contributed by atoms with E-state index >= 15 is 0 Å². The molecule has 0 bridgehead atoms. The molecular weight excluding hydrogens is 270 g/mol. The summed E-state index contributed by atoms with van der Waals surface area (Å²) in [6.45, 7) is 3.78. The van der Waals surface area contributed by atoms with E-state index in [0.29, 0.717) is 29.5 Å². The lowest BCUT2D eigenvalue weighted by molar-refractivity contribution is -0.386. The lowest BCUT2D eigenvalue weighted by Crippen LogP contribution is -2.41. The highest BCUT2D eigenvalue weighted by Crippen LogP contribution is 2.26. The van der Waals surface area contributed by atoms with Crippen LogP contribution in [0.5, 0.6) is 0 Å². The minimum atomic E-state index is -0.340. The molecule has 6 nitrogen and oxygen atoms in total. The monoisotopic (exact) mass is 293 g/mol. The molecule has 1 aliphatic rings. The van der Waals surface area contributed by atoms with Crippen LogP contribution < -0.4 is 5.32 Å². The second-order valence-electron chi connectivity index (χ2n) is 5.65. The van der Waals surface area contributed by atoms with Crippen molar-refractivity contribution in [1.29, 1.82) is 0 Å². The fourth-order valence-electron chi connectivity index (χ4n) is 3.00. The smallest absolute Gasteiger partial charge is 0.278 e. The van der Waals surface area contributed by atoms with Gasteiger partial charge in [0.25, 0.3) is 5.69 Å². The number of rotatable bonds is 5. The average molecular weight is 293 g/mol. The molecule has 21 heavy (non-hydrogen) atoms. The van der Waals surface area contributed by atoms with Gasteiger partial charge in [0.2, 0.25) is 0 Å². The molecule has 1 fully saturated rings. The number of hydrogen-bond acceptors (Lipinski definition) is 5. The first-order valence-electron chi connectivity index (χ1n) is 7.43. The van der Waals surface area contributed by atoms with Gasteiger partial charge in [0.05, 0.1) is 28.9 Å². The number of likely N-dealkylation sites (N-methyl/N-ethyl adjacent to an activating group) is 1. The molecule has 1 aliphatic carbocycles. The van der Waals surface area contributed by atoms with Gasteiger partial charge in [-0.2, -0.15) is 0 Å². The number of nitro groups is 1. The zero-order valence-electron chi connectivity index (χ0n) is 12.9. The number of pyridine rings is 1. The number of ether oxygens (including phenoxy) is 1. The third kappa shape index (κ3) is 3.57. The SMILES string of the molecule is CNC1CCCCC1OCc1ncc(C)c([N+](=O)[O-])c1C. The molecular formula is C15H23N3O3. The summed E-state index contributed by atoms with van der Waals surface area (Å²) >= 11 is 0. The Morgan fingerprint density at radius 3 is 2.81 bits per heavy atom. The molecule has 2 atom stereocenters. The Kier molecular flexibility index (Phi) is 5.25. The number of aromatic nitrogens is 1. The lowest BCUT2D eigenvalue weighted by Gasteiger charge is -2.31. The number of aryl methyl sites for hydroxylation is 1. The molecule has 1 saturated carbocycles. The van der Waals surface area contributed by atoms with Gasteiger partial charge in [-0.1, -0.05) is 12.8 Å². The summed E-state index contributed by atoms with van der Waals surface area (Å²) in [7, 11) is 1.95. The summed E-state index contributed by atoms with van der Waals surface area (Å²) in [5.74, 6) is 0. The first-order valence-corrected chi connectivity index (χ1v) is 7.43. The van der Waals surface area contributed by atoms with E-state index in [0.717, 1.165) is 12.8 Å². The summed E-state index contributed by atoms with van der Waals surface area (Å²) in [6.07, 6.45) is 6.24. The third-order valence-electron chi connectivity index (χ3n) is 4.27. The van der Waals surface area contributed by atoms with Crippen molar-refractivity contribution in [1.82, 2.24) is 10.3 Å². The van der Waals surface area contributed by atoms with Gasteiger partial charge in [0, 0.05) is 17.8 Å². The van der Waals surface area contributed by atoms with E-state index in [2.05, 4.69) is 10.3 Å². The average Bonchev–Trinajstić information content (AvgIpc) is 2.46. The van der Waals surface area contributed by atoms with Crippen LogP contribution in [0.3, 0.4) is 0 Å². The molecule has 1 heterocycles. The van der Waals surface area contributed by atoms with Gasteiger partial charge >= 0.3 is 0 Å².